The largest absolute Gasteiger partial charge is 0.497 e. The normalized spacial score (nSPS) is 15.0. The summed E-state index contributed by atoms with van der Waals surface area (Å²) in [5.41, 5.74) is 4.26. The molecule has 0 radical (unpaired) electrons. The number of H-pyrrole nitrogens is 1. The number of hydrogen-bond donors (Lipinski definition) is 2. The molecule has 2 aromatic carbocycles. The molecule has 2 heterocycles. The minimum absolute atomic E-state index is 0.249. The first-order valence-electron chi connectivity index (χ1n) is 9.00. The minimum Gasteiger partial charge on any atom is -0.497 e. The van der Waals surface area contributed by atoms with E-state index in [0.717, 1.165) is 11.1 Å². The van der Waals surface area contributed by atoms with Gasteiger partial charge in [0, 0.05) is 16.8 Å². The number of halogens is 1. The topological polar surface area (TPSA) is 80.4 Å². The number of aromatic amines is 1. The van der Waals surface area contributed by atoms with Crippen molar-refractivity contribution in [2.75, 3.05) is 19.5 Å². The molecule has 3 aromatic rings. The lowest BCUT2D eigenvalue weighted by atomic mass is 9.87. The second-order valence-electron chi connectivity index (χ2n) is 6.76. The summed E-state index contributed by atoms with van der Waals surface area (Å²) in [5.74, 6) is -0.795. The van der Waals surface area contributed by atoms with Crippen LogP contribution in [0, 0.1) is 6.92 Å². The summed E-state index contributed by atoms with van der Waals surface area (Å²) in [6.07, 6.45) is 0. The van der Waals surface area contributed by atoms with Gasteiger partial charge >= 0.3 is 5.97 Å². The molecule has 1 amide bonds. The van der Waals surface area contributed by atoms with E-state index in [9.17, 15) is 9.59 Å². The van der Waals surface area contributed by atoms with Crippen molar-refractivity contribution >= 4 is 29.2 Å². The predicted molar refractivity (Wildman–Crippen MR) is 111 cm³/mol. The monoisotopic (exact) mass is 410 g/mol. The number of hydrogen-bond acceptors (Lipinski definition) is 4. The average Bonchev–Trinajstić information content (AvgIpc) is 3.24. The lowest BCUT2D eigenvalue weighted by Gasteiger charge is -2.14. The number of esters is 1. The van der Waals surface area contributed by atoms with Crippen molar-refractivity contribution in [2.45, 2.75) is 12.8 Å². The van der Waals surface area contributed by atoms with Gasteiger partial charge in [0.2, 0.25) is 5.91 Å². The zero-order valence-electron chi connectivity index (χ0n) is 16.1. The van der Waals surface area contributed by atoms with Crippen LogP contribution in [0.1, 0.15) is 33.1 Å². The summed E-state index contributed by atoms with van der Waals surface area (Å²) in [7, 11) is 2.91. The fourth-order valence-electron chi connectivity index (χ4n) is 3.84. The number of aromatic nitrogens is 1. The predicted octanol–water partition coefficient (Wildman–Crippen LogP) is 4.52. The molecule has 0 bridgehead atoms. The molecule has 1 aliphatic heterocycles. The molecule has 0 aliphatic carbocycles. The fraction of sp³-hybridized carbons (Fsp3) is 0.182. The van der Waals surface area contributed by atoms with Crippen LogP contribution in [0.4, 0.5) is 5.69 Å². The van der Waals surface area contributed by atoms with Crippen molar-refractivity contribution in [3.8, 4) is 17.0 Å². The molecule has 1 aromatic heterocycles. The van der Waals surface area contributed by atoms with Crippen LogP contribution in [-0.4, -0.2) is 31.1 Å². The SMILES string of the molecule is COC(=O)c1c(C)[nH]c(-c2cccc(OC)c2)c1C1C(=O)Nc2c(Cl)cccc21. The molecule has 2 N–H and O–H groups in total. The first-order chi connectivity index (χ1) is 14.0. The molecule has 148 valence electrons. The zero-order valence-corrected chi connectivity index (χ0v) is 16.9. The molecule has 1 unspecified atom stereocenters. The van der Waals surface area contributed by atoms with Crippen LogP contribution in [0.2, 0.25) is 5.02 Å². The molecule has 29 heavy (non-hydrogen) atoms. The van der Waals surface area contributed by atoms with Gasteiger partial charge in [0.25, 0.3) is 0 Å². The molecule has 4 rings (SSSR count). The van der Waals surface area contributed by atoms with E-state index in [0.29, 0.717) is 39.0 Å². The molecule has 1 aliphatic rings. The van der Waals surface area contributed by atoms with Crippen molar-refractivity contribution in [1.82, 2.24) is 4.98 Å². The number of benzene rings is 2. The molecule has 7 heteroatoms. The maximum absolute atomic E-state index is 13.0. The summed E-state index contributed by atoms with van der Waals surface area (Å²) >= 11 is 6.29. The van der Waals surface area contributed by atoms with Gasteiger partial charge in [-0.05, 0) is 30.7 Å². The third kappa shape index (κ3) is 3.06. The van der Waals surface area contributed by atoms with E-state index in [2.05, 4.69) is 10.3 Å². The summed E-state index contributed by atoms with van der Waals surface area (Å²) in [4.78, 5) is 28.9. The number of amides is 1. The van der Waals surface area contributed by atoms with Gasteiger partial charge in [0.15, 0.2) is 0 Å². The lowest BCUT2D eigenvalue weighted by Crippen LogP contribution is -2.17. The number of carbonyl (C=O) groups is 2. The highest BCUT2D eigenvalue weighted by Crippen LogP contribution is 2.46. The number of carbonyl (C=O) groups excluding carboxylic acids is 2. The first kappa shape index (κ1) is 19.1. The van der Waals surface area contributed by atoms with E-state index in [1.807, 2.05) is 30.3 Å². The Labute approximate surface area is 172 Å². The average molecular weight is 411 g/mol. The summed E-state index contributed by atoms with van der Waals surface area (Å²) in [5, 5.41) is 3.30. The van der Waals surface area contributed by atoms with Gasteiger partial charge < -0.3 is 19.8 Å². The highest BCUT2D eigenvalue weighted by Gasteiger charge is 2.39. The Hall–Kier alpha value is -3.25. The van der Waals surface area contributed by atoms with E-state index in [-0.39, 0.29) is 5.91 Å². The first-order valence-corrected chi connectivity index (χ1v) is 9.38. The smallest absolute Gasteiger partial charge is 0.340 e. The van der Waals surface area contributed by atoms with E-state index in [4.69, 9.17) is 21.1 Å². The molecule has 0 saturated carbocycles. The van der Waals surface area contributed by atoms with E-state index in [1.54, 1.807) is 26.2 Å². The quantitative estimate of drug-likeness (QED) is 0.619. The van der Waals surface area contributed by atoms with E-state index < -0.39 is 11.9 Å². The number of aryl methyl sites for hydroxylation is 1. The van der Waals surface area contributed by atoms with Gasteiger partial charge in [0.05, 0.1) is 42.1 Å². The second-order valence-corrected chi connectivity index (χ2v) is 7.17. The number of para-hydroxylation sites is 1. The minimum atomic E-state index is -0.705. The summed E-state index contributed by atoms with van der Waals surface area (Å²) in [6, 6.07) is 12.8. The van der Waals surface area contributed by atoms with Crippen LogP contribution in [-0.2, 0) is 9.53 Å². The maximum Gasteiger partial charge on any atom is 0.340 e. The Kier molecular flexibility index (Phi) is 4.80. The van der Waals surface area contributed by atoms with Gasteiger partial charge in [-0.1, -0.05) is 35.9 Å². The van der Waals surface area contributed by atoms with Crippen LogP contribution >= 0.6 is 11.6 Å². The number of anilines is 1. The Morgan fingerprint density at radius 1 is 1.14 bits per heavy atom. The molecule has 6 nitrogen and oxygen atoms in total. The number of methoxy groups -OCH3 is 2. The van der Waals surface area contributed by atoms with Gasteiger partial charge in [-0.2, -0.15) is 0 Å². The van der Waals surface area contributed by atoms with Crippen molar-refractivity contribution in [2.24, 2.45) is 0 Å². The molecule has 0 saturated heterocycles. The summed E-state index contributed by atoms with van der Waals surface area (Å²) < 4.78 is 10.4. The number of fused-ring (bicyclic) bond motifs is 1. The highest BCUT2D eigenvalue weighted by atomic mass is 35.5. The van der Waals surface area contributed by atoms with Crippen molar-refractivity contribution in [3.05, 3.63) is 69.9 Å². The van der Waals surface area contributed by atoms with Gasteiger partial charge in [-0.3, -0.25) is 4.79 Å². The van der Waals surface area contributed by atoms with Crippen molar-refractivity contribution in [3.63, 3.8) is 0 Å². The van der Waals surface area contributed by atoms with E-state index >= 15 is 0 Å². The highest BCUT2D eigenvalue weighted by molar-refractivity contribution is 6.34. The van der Waals surface area contributed by atoms with E-state index in [1.165, 1.54) is 7.11 Å². The van der Waals surface area contributed by atoms with Crippen LogP contribution < -0.4 is 10.1 Å². The molecule has 0 spiro atoms. The van der Waals surface area contributed by atoms with Crippen LogP contribution in [0.15, 0.2) is 42.5 Å². The fourth-order valence-corrected chi connectivity index (χ4v) is 4.07. The zero-order chi connectivity index (χ0) is 20.7. The number of ether oxygens (including phenoxy) is 2. The molecule has 1 atom stereocenters. The third-order valence-corrected chi connectivity index (χ3v) is 5.44. The third-order valence-electron chi connectivity index (χ3n) is 5.13. The Balaban J connectivity index is 2.01. The molecule has 0 fully saturated rings. The van der Waals surface area contributed by atoms with Gasteiger partial charge in [-0.25, -0.2) is 4.79 Å². The maximum atomic E-state index is 13.0. The lowest BCUT2D eigenvalue weighted by molar-refractivity contribution is -0.116. The van der Waals surface area contributed by atoms with Crippen LogP contribution in [0.25, 0.3) is 11.3 Å². The number of rotatable bonds is 4. The van der Waals surface area contributed by atoms with Gasteiger partial charge in [0.1, 0.15) is 5.75 Å². The number of nitrogens with one attached hydrogen (secondary N) is 2. The van der Waals surface area contributed by atoms with Crippen LogP contribution in [0.5, 0.6) is 5.75 Å². The van der Waals surface area contributed by atoms with Crippen molar-refractivity contribution < 1.29 is 19.1 Å². The molecular weight excluding hydrogens is 392 g/mol. The Morgan fingerprint density at radius 2 is 1.90 bits per heavy atom. The van der Waals surface area contributed by atoms with Crippen molar-refractivity contribution in [1.29, 1.82) is 0 Å². The Morgan fingerprint density at radius 3 is 2.62 bits per heavy atom. The van der Waals surface area contributed by atoms with Crippen LogP contribution in [0.3, 0.4) is 0 Å². The van der Waals surface area contributed by atoms with Gasteiger partial charge in [-0.15, -0.1) is 0 Å². The Bertz CT molecular complexity index is 1140. The summed E-state index contributed by atoms with van der Waals surface area (Å²) in [6.45, 7) is 1.78. The standard InChI is InChI=1S/C22H19ClN2O4/c1-11-16(22(27)29-3)18(19(24-11)12-6-4-7-13(10-12)28-2)17-14-8-5-9-15(23)20(14)25-21(17)26/h4-10,17,24H,1-3H3,(H,25,26). The molecular formula is C22H19ClN2O4. The second kappa shape index (κ2) is 7.29.